The number of aromatic nitrogens is 2. The van der Waals surface area contributed by atoms with Gasteiger partial charge in [-0.25, -0.2) is 0 Å². The molecule has 0 aromatic carbocycles. The van der Waals surface area contributed by atoms with Gasteiger partial charge in [0.2, 0.25) is 0 Å². The smallest absolute Gasteiger partial charge is 0.103 e. The highest BCUT2D eigenvalue weighted by Crippen LogP contribution is 2.41. The molecule has 2 heterocycles. The third kappa shape index (κ3) is 2.22. The highest BCUT2D eigenvalue weighted by atomic mass is 16.5. The van der Waals surface area contributed by atoms with Crippen LogP contribution in [0.4, 0.5) is 0 Å². The van der Waals surface area contributed by atoms with Gasteiger partial charge in [0.1, 0.15) is 6.10 Å². The standard InChI is InChI=1S/C12H21N3O2/c1-9-7-10(15(2)14-9)11(16)12(8-13)3-5-17-6-4-12/h7,11,16H,3-6,8,13H2,1-2H3/t11-/m0/s1. The summed E-state index contributed by atoms with van der Waals surface area (Å²) < 4.78 is 7.10. The van der Waals surface area contributed by atoms with Crippen LogP contribution in [0.3, 0.4) is 0 Å². The van der Waals surface area contributed by atoms with Gasteiger partial charge in [0.15, 0.2) is 0 Å². The molecule has 0 radical (unpaired) electrons. The molecule has 0 aliphatic carbocycles. The molecule has 1 atom stereocenters. The maximum atomic E-state index is 10.6. The fraction of sp³-hybridized carbons (Fsp3) is 0.750. The molecule has 5 heteroatoms. The van der Waals surface area contributed by atoms with E-state index in [4.69, 9.17) is 10.5 Å². The molecule has 1 aromatic rings. The van der Waals surface area contributed by atoms with Crippen LogP contribution in [-0.4, -0.2) is 34.6 Å². The Kier molecular flexibility index (Phi) is 3.51. The lowest BCUT2D eigenvalue weighted by molar-refractivity contribution is -0.0610. The first-order valence-electron chi connectivity index (χ1n) is 6.05. The number of hydrogen-bond acceptors (Lipinski definition) is 4. The molecule has 1 aliphatic rings. The fourth-order valence-electron chi connectivity index (χ4n) is 2.57. The van der Waals surface area contributed by atoms with Crippen LogP contribution < -0.4 is 5.73 Å². The van der Waals surface area contributed by atoms with E-state index in [0.29, 0.717) is 19.8 Å². The van der Waals surface area contributed by atoms with Crippen molar-refractivity contribution < 1.29 is 9.84 Å². The van der Waals surface area contributed by atoms with Crippen LogP contribution in [0, 0.1) is 12.3 Å². The van der Waals surface area contributed by atoms with E-state index in [9.17, 15) is 5.11 Å². The average Bonchev–Trinajstić information content (AvgIpc) is 2.68. The molecule has 0 unspecified atom stereocenters. The summed E-state index contributed by atoms with van der Waals surface area (Å²) in [7, 11) is 1.86. The van der Waals surface area contributed by atoms with Crippen molar-refractivity contribution in [2.24, 2.45) is 18.2 Å². The Morgan fingerprint density at radius 1 is 1.59 bits per heavy atom. The molecule has 3 N–H and O–H groups in total. The Morgan fingerprint density at radius 3 is 2.71 bits per heavy atom. The monoisotopic (exact) mass is 239 g/mol. The molecule has 1 aromatic heterocycles. The molecular formula is C12H21N3O2. The molecule has 0 spiro atoms. The van der Waals surface area contributed by atoms with Crippen LogP contribution >= 0.6 is 0 Å². The van der Waals surface area contributed by atoms with E-state index in [-0.39, 0.29) is 5.41 Å². The third-order valence-electron chi connectivity index (χ3n) is 3.79. The van der Waals surface area contributed by atoms with Crippen molar-refractivity contribution in [3.8, 4) is 0 Å². The number of aliphatic hydroxyl groups excluding tert-OH is 1. The van der Waals surface area contributed by atoms with E-state index in [0.717, 1.165) is 24.2 Å². The molecule has 2 rings (SSSR count). The summed E-state index contributed by atoms with van der Waals surface area (Å²) in [6.45, 7) is 3.74. The number of ether oxygens (including phenoxy) is 1. The summed E-state index contributed by atoms with van der Waals surface area (Å²) in [5, 5.41) is 14.9. The van der Waals surface area contributed by atoms with Gasteiger partial charge in [-0.3, -0.25) is 4.68 Å². The van der Waals surface area contributed by atoms with Crippen molar-refractivity contribution in [1.29, 1.82) is 0 Å². The zero-order chi connectivity index (χ0) is 12.5. The molecule has 96 valence electrons. The van der Waals surface area contributed by atoms with E-state index in [1.165, 1.54) is 0 Å². The highest BCUT2D eigenvalue weighted by molar-refractivity contribution is 5.15. The Balaban J connectivity index is 2.27. The minimum Gasteiger partial charge on any atom is -0.386 e. The van der Waals surface area contributed by atoms with E-state index in [1.54, 1.807) is 4.68 Å². The SMILES string of the molecule is Cc1cc([C@H](O)C2(CN)CCOCC2)n(C)n1. The predicted molar refractivity (Wildman–Crippen MR) is 64.4 cm³/mol. The van der Waals surface area contributed by atoms with Crippen LogP contribution in [0.2, 0.25) is 0 Å². The number of aryl methyl sites for hydroxylation is 2. The predicted octanol–water partition coefficient (Wildman–Crippen LogP) is 0.517. The number of rotatable bonds is 3. The molecule has 1 saturated heterocycles. The van der Waals surface area contributed by atoms with Crippen molar-refractivity contribution >= 4 is 0 Å². The first kappa shape index (κ1) is 12.5. The molecule has 0 bridgehead atoms. The Morgan fingerprint density at radius 2 is 2.24 bits per heavy atom. The summed E-state index contributed by atoms with van der Waals surface area (Å²) >= 11 is 0. The number of nitrogens with two attached hydrogens (primary N) is 1. The van der Waals surface area contributed by atoms with Gasteiger partial charge in [-0.1, -0.05) is 0 Å². The molecule has 0 saturated carbocycles. The minimum absolute atomic E-state index is 0.265. The van der Waals surface area contributed by atoms with Crippen LogP contribution in [0.1, 0.15) is 30.3 Å². The quantitative estimate of drug-likeness (QED) is 0.806. The Labute approximate surface area is 102 Å². The first-order valence-corrected chi connectivity index (χ1v) is 6.05. The second-order valence-corrected chi connectivity index (χ2v) is 4.92. The number of nitrogens with zero attached hydrogens (tertiary/aromatic N) is 2. The van der Waals surface area contributed by atoms with Crippen molar-refractivity contribution in [1.82, 2.24) is 9.78 Å². The molecule has 5 nitrogen and oxygen atoms in total. The minimum atomic E-state index is -0.567. The van der Waals surface area contributed by atoms with Gasteiger partial charge in [-0.2, -0.15) is 5.10 Å². The Hall–Kier alpha value is -0.910. The van der Waals surface area contributed by atoms with Crippen LogP contribution in [-0.2, 0) is 11.8 Å². The maximum Gasteiger partial charge on any atom is 0.103 e. The molecule has 0 amide bonds. The second kappa shape index (κ2) is 4.76. The van der Waals surface area contributed by atoms with Crippen LogP contribution in [0.5, 0.6) is 0 Å². The van der Waals surface area contributed by atoms with E-state index in [1.807, 2.05) is 20.0 Å². The molecule has 17 heavy (non-hydrogen) atoms. The maximum absolute atomic E-state index is 10.6. The van der Waals surface area contributed by atoms with Gasteiger partial charge < -0.3 is 15.6 Å². The highest BCUT2D eigenvalue weighted by Gasteiger charge is 2.40. The zero-order valence-electron chi connectivity index (χ0n) is 10.5. The lowest BCUT2D eigenvalue weighted by atomic mass is 9.74. The molecule has 1 fully saturated rings. The first-order chi connectivity index (χ1) is 8.09. The van der Waals surface area contributed by atoms with Crippen molar-refractivity contribution in [3.63, 3.8) is 0 Å². The van der Waals surface area contributed by atoms with E-state index in [2.05, 4.69) is 5.10 Å². The van der Waals surface area contributed by atoms with Gasteiger partial charge in [0, 0.05) is 32.2 Å². The van der Waals surface area contributed by atoms with Crippen LogP contribution in [0.25, 0.3) is 0 Å². The van der Waals surface area contributed by atoms with Gasteiger partial charge in [-0.05, 0) is 25.8 Å². The number of hydrogen-bond donors (Lipinski definition) is 2. The van der Waals surface area contributed by atoms with Gasteiger partial charge in [0.05, 0.1) is 11.4 Å². The fourth-order valence-corrected chi connectivity index (χ4v) is 2.57. The van der Waals surface area contributed by atoms with E-state index >= 15 is 0 Å². The lowest BCUT2D eigenvalue weighted by Crippen LogP contribution is -2.42. The van der Waals surface area contributed by atoms with Crippen molar-refractivity contribution in [2.45, 2.75) is 25.9 Å². The largest absolute Gasteiger partial charge is 0.386 e. The normalized spacial score (nSPS) is 21.4. The van der Waals surface area contributed by atoms with Crippen molar-refractivity contribution in [2.75, 3.05) is 19.8 Å². The Bertz CT molecular complexity index is 383. The van der Waals surface area contributed by atoms with Crippen LogP contribution in [0.15, 0.2) is 6.07 Å². The average molecular weight is 239 g/mol. The molecule has 1 aliphatic heterocycles. The lowest BCUT2D eigenvalue weighted by Gasteiger charge is -2.39. The summed E-state index contributed by atoms with van der Waals surface area (Å²) in [5.41, 5.74) is 7.38. The summed E-state index contributed by atoms with van der Waals surface area (Å²) in [6.07, 6.45) is 1.03. The summed E-state index contributed by atoms with van der Waals surface area (Å²) in [5.74, 6) is 0. The van der Waals surface area contributed by atoms with Gasteiger partial charge >= 0.3 is 0 Å². The molecular weight excluding hydrogens is 218 g/mol. The van der Waals surface area contributed by atoms with E-state index < -0.39 is 6.10 Å². The zero-order valence-corrected chi connectivity index (χ0v) is 10.5. The summed E-state index contributed by atoms with van der Waals surface area (Å²) in [4.78, 5) is 0. The van der Waals surface area contributed by atoms with Crippen molar-refractivity contribution in [3.05, 3.63) is 17.5 Å². The third-order valence-corrected chi connectivity index (χ3v) is 3.79. The topological polar surface area (TPSA) is 73.3 Å². The number of aliphatic hydroxyl groups is 1. The van der Waals surface area contributed by atoms with Gasteiger partial charge in [0.25, 0.3) is 0 Å². The van der Waals surface area contributed by atoms with Gasteiger partial charge in [-0.15, -0.1) is 0 Å². The summed E-state index contributed by atoms with van der Waals surface area (Å²) in [6, 6.07) is 1.93. The second-order valence-electron chi connectivity index (χ2n) is 4.92.